The van der Waals surface area contributed by atoms with Crippen LogP contribution in [0.4, 0.5) is 11.6 Å². The van der Waals surface area contributed by atoms with E-state index in [9.17, 15) is 0 Å². The van der Waals surface area contributed by atoms with E-state index in [2.05, 4.69) is 36.1 Å². The molecular formula is C21H21N7OS. The molecular weight excluding hydrogens is 398 g/mol. The van der Waals surface area contributed by atoms with Crippen molar-refractivity contribution in [1.29, 1.82) is 0 Å². The smallest absolute Gasteiger partial charge is 0.160 e. The molecule has 2 aliphatic rings. The van der Waals surface area contributed by atoms with Gasteiger partial charge in [0.2, 0.25) is 0 Å². The van der Waals surface area contributed by atoms with E-state index in [1.54, 1.807) is 12.5 Å². The monoisotopic (exact) mass is 419 g/mol. The second-order valence-corrected chi connectivity index (χ2v) is 8.94. The Bertz CT molecular complexity index is 1230. The van der Waals surface area contributed by atoms with Crippen molar-refractivity contribution in [2.45, 2.75) is 24.9 Å². The van der Waals surface area contributed by atoms with Gasteiger partial charge >= 0.3 is 0 Å². The van der Waals surface area contributed by atoms with Gasteiger partial charge in [0.25, 0.3) is 0 Å². The lowest BCUT2D eigenvalue weighted by Gasteiger charge is -2.44. The van der Waals surface area contributed by atoms with E-state index in [0.29, 0.717) is 5.82 Å². The molecule has 0 bridgehead atoms. The molecule has 3 N–H and O–H groups in total. The van der Waals surface area contributed by atoms with E-state index in [4.69, 9.17) is 10.5 Å². The van der Waals surface area contributed by atoms with Gasteiger partial charge in [-0.2, -0.15) is 5.10 Å². The van der Waals surface area contributed by atoms with Crippen LogP contribution in [0.2, 0.25) is 0 Å². The Kier molecular flexibility index (Phi) is 4.00. The summed E-state index contributed by atoms with van der Waals surface area (Å²) in [5, 5.41) is 8.00. The number of hydrogen-bond donors (Lipinski definition) is 2. The Morgan fingerprint density at radius 3 is 2.97 bits per heavy atom. The Hall–Kier alpha value is -3.04. The third-order valence-corrected chi connectivity index (χ3v) is 7.35. The van der Waals surface area contributed by atoms with Gasteiger partial charge in [0.05, 0.1) is 34.4 Å². The standard InChI is InChI=1S/C21H21N7OS/c22-18-3-1-2-15(26-18)17-10-14-16(30-17)4-9-29-21(14)5-7-28(8-6-21)20-13-11-25-27-19(13)23-12-24-20/h1-3,10-12H,4-9H2,(H2,22,26)(H,23,24,25,27). The van der Waals surface area contributed by atoms with E-state index >= 15 is 0 Å². The zero-order valence-corrected chi connectivity index (χ0v) is 17.2. The van der Waals surface area contributed by atoms with Gasteiger partial charge in [-0.05, 0) is 36.6 Å². The van der Waals surface area contributed by atoms with Gasteiger partial charge in [-0.3, -0.25) is 5.10 Å². The first kappa shape index (κ1) is 17.8. The molecule has 6 heterocycles. The highest BCUT2D eigenvalue weighted by molar-refractivity contribution is 7.15. The molecule has 0 saturated carbocycles. The molecule has 2 aliphatic heterocycles. The molecule has 8 nitrogen and oxygen atoms in total. The van der Waals surface area contributed by atoms with Gasteiger partial charge in [-0.1, -0.05) is 6.07 Å². The molecule has 152 valence electrons. The number of fused-ring (bicyclic) bond motifs is 3. The lowest BCUT2D eigenvalue weighted by Crippen LogP contribution is -2.46. The lowest BCUT2D eigenvalue weighted by molar-refractivity contribution is -0.0756. The second kappa shape index (κ2) is 6.75. The van der Waals surface area contributed by atoms with Crippen molar-refractivity contribution in [2.75, 3.05) is 30.3 Å². The summed E-state index contributed by atoms with van der Waals surface area (Å²) in [6.45, 7) is 2.51. The first-order valence-corrected chi connectivity index (χ1v) is 10.9. The molecule has 4 aromatic heterocycles. The fourth-order valence-corrected chi connectivity index (χ4v) is 5.83. The number of H-pyrrole nitrogens is 1. The zero-order chi connectivity index (χ0) is 20.1. The van der Waals surface area contributed by atoms with Crippen molar-refractivity contribution in [3.63, 3.8) is 0 Å². The summed E-state index contributed by atoms with van der Waals surface area (Å²) >= 11 is 1.82. The Labute approximate surface area is 177 Å². The molecule has 0 unspecified atom stereocenters. The number of piperidine rings is 1. The summed E-state index contributed by atoms with van der Waals surface area (Å²) < 4.78 is 6.45. The normalized spacial score (nSPS) is 18.1. The van der Waals surface area contributed by atoms with Gasteiger partial charge in [-0.15, -0.1) is 11.3 Å². The van der Waals surface area contributed by atoms with Crippen LogP contribution in [0.3, 0.4) is 0 Å². The largest absolute Gasteiger partial charge is 0.384 e. The molecule has 0 atom stereocenters. The molecule has 4 aromatic rings. The third-order valence-electron chi connectivity index (χ3n) is 6.13. The lowest BCUT2D eigenvalue weighted by atomic mass is 9.82. The number of pyridine rings is 1. The van der Waals surface area contributed by atoms with E-state index < -0.39 is 0 Å². The number of aromatic amines is 1. The van der Waals surface area contributed by atoms with Crippen LogP contribution in [0.15, 0.2) is 36.8 Å². The van der Waals surface area contributed by atoms with Crippen LogP contribution in [0.1, 0.15) is 23.3 Å². The number of ether oxygens (including phenoxy) is 1. The van der Waals surface area contributed by atoms with Crippen LogP contribution < -0.4 is 10.6 Å². The molecule has 0 aromatic carbocycles. The number of nitrogens with zero attached hydrogens (tertiary/aromatic N) is 5. The average Bonchev–Trinajstić information content (AvgIpc) is 3.42. The summed E-state index contributed by atoms with van der Waals surface area (Å²) in [4.78, 5) is 18.2. The molecule has 1 fully saturated rings. The van der Waals surface area contributed by atoms with Crippen LogP contribution in [0.25, 0.3) is 21.6 Å². The first-order valence-electron chi connectivity index (χ1n) is 10.1. The first-order chi connectivity index (χ1) is 14.7. The van der Waals surface area contributed by atoms with Crippen molar-refractivity contribution in [3.8, 4) is 10.6 Å². The predicted octanol–water partition coefficient (Wildman–Crippen LogP) is 3.13. The Balaban J connectivity index is 1.30. The van der Waals surface area contributed by atoms with E-state index in [1.807, 2.05) is 29.5 Å². The van der Waals surface area contributed by atoms with Crippen molar-refractivity contribution < 1.29 is 4.74 Å². The summed E-state index contributed by atoms with van der Waals surface area (Å²) in [6, 6.07) is 8.07. The number of nitrogens with two attached hydrogens (primary N) is 1. The van der Waals surface area contributed by atoms with E-state index in [-0.39, 0.29) is 5.60 Å². The molecule has 9 heteroatoms. The number of hydrogen-bond acceptors (Lipinski definition) is 8. The average molecular weight is 420 g/mol. The van der Waals surface area contributed by atoms with Crippen LogP contribution in [-0.2, 0) is 16.8 Å². The van der Waals surface area contributed by atoms with Crippen molar-refractivity contribution in [3.05, 3.63) is 47.2 Å². The summed E-state index contributed by atoms with van der Waals surface area (Å²) in [5.74, 6) is 1.49. The van der Waals surface area contributed by atoms with Crippen molar-refractivity contribution in [2.24, 2.45) is 0 Å². The van der Waals surface area contributed by atoms with Crippen LogP contribution >= 0.6 is 11.3 Å². The molecule has 6 rings (SSSR count). The SMILES string of the molecule is Nc1cccc(-c2cc3c(s2)CCOC32CCN(c3ncnc4[nH]ncc34)CC2)n1. The number of aromatic nitrogens is 5. The fourth-order valence-electron chi connectivity index (χ4n) is 4.63. The molecule has 30 heavy (non-hydrogen) atoms. The van der Waals surface area contributed by atoms with Crippen LogP contribution in [-0.4, -0.2) is 44.8 Å². The maximum atomic E-state index is 6.45. The van der Waals surface area contributed by atoms with Crippen LogP contribution in [0, 0.1) is 0 Å². The second-order valence-electron chi connectivity index (χ2n) is 7.80. The number of rotatable bonds is 2. The number of thiophene rings is 1. The summed E-state index contributed by atoms with van der Waals surface area (Å²) in [5.41, 5.74) is 8.70. The minimum Gasteiger partial charge on any atom is -0.384 e. The molecule has 0 aliphatic carbocycles. The summed E-state index contributed by atoms with van der Waals surface area (Å²) in [7, 11) is 0. The van der Waals surface area contributed by atoms with Crippen molar-refractivity contribution >= 4 is 34.0 Å². The van der Waals surface area contributed by atoms with Gasteiger partial charge in [0.1, 0.15) is 18.0 Å². The molecule has 1 spiro atoms. The molecule has 0 amide bonds. The maximum Gasteiger partial charge on any atom is 0.160 e. The van der Waals surface area contributed by atoms with Gasteiger partial charge < -0.3 is 15.4 Å². The van der Waals surface area contributed by atoms with Gasteiger partial charge in [0.15, 0.2) is 5.65 Å². The predicted molar refractivity (Wildman–Crippen MR) is 116 cm³/mol. The Morgan fingerprint density at radius 2 is 2.10 bits per heavy atom. The van der Waals surface area contributed by atoms with E-state index in [1.165, 1.54) is 10.4 Å². The molecule has 0 radical (unpaired) electrons. The maximum absolute atomic E-state index is 6.45. The highest BCUT2D eigenvalue weighted by Gasteiger charge is 2.42. The number of nitrogen functional groups attached to an aromatic ring is 1. The quantitative estimate of drug-likeness (QED) is 0.514. The fraction of sp³-hybridized carbons (Fsp3) is 0.333. The van der Waals surface area contributed by atoms with Crippen molar-refractivity contribution in [1.82, 2.24) is 25.1 Å². The number of nitrogens with one attached hydrogen (secondary N) is 1. The topological polar surface area (TPSA) is 106 Å². The number of anilines is 2. The van der Waals surface area contributed by atoms with Gasteiger partial charge in [-0.25, -0.2) is 15.0 Å². The summed E-state index contributed by atoms with van der Waals surface area (Å²) in [6.07, 6.45) is 6.19. The van der Waals surface area contributed by atoms with E-state index in [0.717, 1.165) is 66.4 Å². The highest BCUT2D eigenvalue weighted by Crippen LogP contribution is 2.47. The zero-order valence-electron chi connectivity index (χ0n) is 16.3. The van der Waals surface area contributed by atoms with Crippen LogP contribution in [0.5, 0.6) is 0 Å². The molecule has 1 saturated heterocycles. The third kappa shape index (κ3) is 2.77. The Morgan fingerprint density at radius 1 is 1.20 bits per heavy atom. The highest BCUT2D eigenvalue weighted by atomic mass is 32.1. The minimum absolute atomic E-state index is 0.234. The minimum atomic E-state index is -0.234. The van der Waals surface area contributed by atoms with Gasteiger partial charge in [0, 0.05) is 24.4 Å².